The van der Waals surface area contributed by atoms with E-state index >= 15 is 0 Å². The van der Waals surface area contributed by atoms with E-state index in [4.69, 9.17) is 4.74 Å². The molecule has 2 heterocycles. The Hall–Kier alpha value is -3.73. The van der Waals surface area contributed by atoms with E-state index in [0.29, 0.717) is 6.61 Å². The van der Waals surface area contributed by atoms with Crippen LogP contribution in [0, 0.1) is 0 Å². The Morgan fingerprint density at radius 1 is 0.800 bits per heavy atom. The van der Waals surface area contributed by atoms with Crippen LogP contribution < -0.4 is 0 Å². The Labute approximate surface area is 205 Å². The highest BCUT2D eigenvalue weighted by Crippen LogP contribution is 2.28. The van der Waals surface area contributed by atoms with Crippen LogP contribution in [0.3, 0.4) is 0 Å². The summed E-state index contributed by atoms with van der Waals surface area (Å²) in [6.45, 7) is 4.01. The fourth-order valence-electron chi connectivity index (χ4n) is 5.26. The van der Waals surface area contributed by atoms with Crippen LogP contribution in [0.2, 0.25) is 0 Å². The number of carbonyl (C=O) groups is 1. The second kappa shape index (κ2) is 9.49. The van der Waals surface area contributed by atoms with Crippen molar-refractivity contribution in [1.29, 1.82) is 0 Å². The van der Waals surface area contributed by atoms with Gasteiger partial charge in [-0.15, -0.1) is 0 Å². The maximum absolute atomic E-state index is 13.8. The number of aromatic nitrogens is 1. The van der Waals surface area contributed by atoms with Gasteiger partial charge >= 0.3 is 0 Å². The SMILES string of the molecule is O=C(c1cccc2ccccc12)c1cn(C[C@@H]2COCCN2Cc2ccccc2)c2ccccc12. The normalized spacial score (nSPS) is 16.6. The third-order valence-electron chi connectivity index (χ3n) is 7.05. The second-order valence-corrected chi connectivity index (χ2v) is 9.25. The summed E-state index contributed by atoms with van der Waals surface area (Å²) in [7, 11) is 0. The molecular formula is C31H28N2O2. The molecule has 5 aromatic rings. The van der Waals surface area contributed by atoms with E-state index in [1.165, 1.54) is 5.56 Å². The maximum atomic E-state index is 13.8. The van der Waals surface area contributed by atoms with Crippen molar-refractivity contribution in [2.24, 2.45) is 0 Å². The second-order valence-electron chi connectivity index (χ2n) is 9.25. The van der Waals surface area contributed by atoms with Gasteiger partial charge in [0.1, 0.15) is 0 Å². The summed E-state index contributed by atoms with van der Waals surface area (Å²) in [5.74, 6) is 0.0674. The fourth-order valence-corrected chi connectivity index (χ4v) is 5.26. The molecule has 0 aliphatic carbocycles. The van der Waals surface area contributed by atoms with Crippen molar-refractivity contribution in [2.45, 2.75) is 19.1 Å². The van der Waals surface area contributed by atoms with Gasteiger partial charge in [0.05, 0.1) is 19.3 Å². The zero-order chi connectivity index (χ0) is 23.6. The van der Waals surface area contributed by atoms with Crippen LogP contribution in [-0.2, 0) is 17.8 Å². The van der Waals surface area contributed by atoms with E-state index in [2.05, 4.69) is 64.1 Å². The standard InChI is InChI=1S/C31H28N2O2/c34-31(28-15-8-12-24-11-4-5-13-26(24)28)29-21-33(30-16-7-6-14-27(29)30)20-25-22-35-18-17-32(25)19-23-9-2-1-3-10-23/h1-16,21,25H,17-20,22H2/t25-/m1/s1. The first-order valence-electron chi connectivity index (χ1n) is 12.2. The molecule has 4 heteroatoms. The average Bonchev–Trinajstić information content (AvgIpc) is 3.28. The highest BCUT2D eigenvalue weighted by atomic mass is 16.5. The van der Waals surface area contributed by atoms with Crippen LogP contribution in [0.25, 0.3) is 21.7 Å². The number of rotatable bonds is 6. The average molecular weight is 461 g/mol. The Kier molecular flexibility index (Phi) is 5.91. The summed E-state index contributed by atoms with van der Waals surface area (Å²) in [4.78, 5) is 16.3. The molecule has 6 rings (SSSR count). The molecule has 0 saturated carbocycles. The molecule has 1 atom stereocenters. The van der Waals surface area contributed by atoms with Crippen molar-refractivity contribution in [3.63, 3.8) is 0 Å². The molecule has 0 N–H and O–H groups in total. The number of fused-ring (bicyclic) bond motifs is 2. The zero-order valence-electron chi connectivity index (χ0n) is 19.6. The van der Waals surface area contributed by atoms with Crippen molar-refractivity contribution in [1.82, 2.24) is 9.47 Å². The Balaban J connectivity index is 1.35. The smallest absolute Gasteiger partial charge is 0.195 e. The number of nitrogens with zero attached hydrogens (tertiary/aromatic N) is 2. The molecule has 4 aromatic carbocycles. The third-order valence-corrected chi connectivity index (χ3v) is 7.05. The molecule has 174 valence electrons. The molecule has 1 fully saturated rings. The largest absolute Gasteiger partial charge is 0.378 e. The minimum atomic E-state index is 0.0674. The summed E-state index contributed by atoms with van der Waals surface area (Å²) in [5, 5.41) is 3.07. The van der Waals surface area contributed by atoms with Crippen molar-refractivity contribution in [2.75, 3.05) is 19.8 Å². The van der Waals surface area contributed by atoms with Gasteiger partial charge in [-0.1, -0.05) is 91.0 Å². The van der Waals surface area contributed by atoms with Gasteiger partial charge in [0.2, 0.25) is 0 Å². The van der Waals surface area contributed by atoms with Gasteiger partial charge in [-0.05, 0) is 22.4 Å². The van der Waals surface area contributed by atoms with Gasteiger partial charge in [0, 0.05) is 47.9 Å². The molecule has 1 aliphatic rings. The minimum Gasteiger partial charge on any atom is -0.378 e. The lowest BCUT2D eigenvalue weighted by Crippen LogP contribution is -2.47. The van der Waals surface area contributed by atoms with Crippen molar-refractivity contribution < 1.29 is 9.53 Å². The number of ether oxygens (including phenoxy) is 1. The Bertz CT molecular complexity index is 1480. The number of para-hydroxylation sites is 1. The fraction of sp³-hybridized carbons (Fsp3) is 0.194. The molecule has 0 spiro atoms. The van der Waals surface area contributed by atoms with E-state index in [1.54, 1.807) is 0 Å². The van der Waals surface area contributed by atoms with Crippen molar-refractivity contribution in [3.8, 4) is 0 Å². The number of benzene rings is 4. The molecule has 0 unspecified atom stereocenters. The molecule has 1 saturated heterocycles. The molecule has 0 radical (unpaired) electrons. The van der Waals surface area contributed by atoms with E-state index in [9.17, 15) is 4.79 Å². The number of hydrogen-bond donors (Lipinski definition) is 0. The van der Waals surface area contributed by atoms with Crippen molar-refractivity contribution in [3.05, 3.63) is 120 Å². The highest BCUT2D eigenvalue weighted by molar-refractivity contribution is 6.21. The topological polar surface area (TPSA) is 34.5 Å². The summed E-state index contributed by atoms with van der Waals surface area (Å²) in [6.07, 6.45) is 2.05. The van der Waals surface area contributed by atoms with Crippen LogP contribution in [0.4, 0.5) is 0 Å². The zero-order valence-corrected chi connectivity index (χ0v) is 19.6. The molecule has 1 aliphatic heterocycles. The van der Waals surface area contributed by atoms with Gasteiger partial charge in [0.15, 0.2) is 5.78 Å². The molecule has 0 bridgehead atoms. The summed E-state index contributed by atoms with van der Waals surface area (Å²) in [5.41, 5.74) is 3.89. The summed E-state index contributed by atoms with van der Waals surface area (Å²) >= 11 is 0. The summed E-state index contributed by atoms with van der Waals surface area (Å²) < 4.78 is 8.13. The van der Waals surface area contributed by atoms with Gasteiger partial charge in [-0.2, -0.15) is 0 Å². The van der Waals surface area contributed by atoms with Gasteiger partial charge in [0.25, 0.3) is 0 Å². The maximum Gasteiger partial charge on any atom is 0.195 e. The number of morpholine rings is 1. The van der Waals surface area contributed by atoms with Gasteiger partial charge in [-0.3, -0.25) is 9.69 Å². The molecule has 1 aromatic heterocycles. The molecular weight excluding hydrogens is 432 g/mol. The molecule has 35 heavy (non-hydrogen) atoms. The number of carbonyl (C=O) groups excluding carboxylic acids is 1. The predicted octanol–water partition coefficient (Wildman–Crippen LogP) is 5.93. The lowest BCUT2D eigenvalue weighted by Gasteiger charge is -2.36. The lowest BCUT2D eigenvalue weighted by atomic mass is 9.97. The van der Waals surface area contributed by atoms with Crippen molar-refractivity contribution >= 4 is 27.5 Å². The molecule has 0 amide bonds. The van der Waals surface area contributed by atoms with Crippen LogP contribution in [0.5, 0.6) is 0 Å². The highest BCUT2D eigenvalue weighted by Gasteiger charge is 2.25. The van der Waals surface area contributed by atoms with Gasteiger partial charge in [-0.25, -0.2) is 0 Å². The number of hydrogen-bond acceptors (Lipinski definition) is 3. The first-order chi connectivity index (χ1) is 17.3. The lowest BCUT2D eigenvalue weighted by molar-refractivity contribution is -0.0172. The minimum absolute atomic E-state index is 0.0674. The Morgan fingerprint density at radius 3 is 2.43 bits per heavy atom. The van der Waals surface area contributed by atoms with E-state index in [-0.39, 0.29) is 11.8 Å². The van der Waals surface area contributed by atoms with Crippen LogP contribution in [-0.4, -0.2) is 41.1 Å². The first-order valence-corrected chi connectivity index (χ1v) is 12.2. The van der Waals surface area contributed by atoms with E-state index in [1.807, 2.05) is 48.7 Å². The Morgan fingerprint density at radius 2 is 1.54 bits per heavy atom. The summed E-state index contributed by atoms with van der Waals surface area (Å²) in [6, 6.07) is 33.1. The third kappa shape index (κ3) is 4.27. The monoisotopic (exact) mass is 460 g/mol. The first kappa shape index (κ1) is 21.8. The van der Waals surface area contributed by atoms with Crippen LogP contribution >= 0.6 is 0 Å². The van der Waals surface area contributed by atoms with Gasteiger partial charge < -0.3 is 9.30 Å². The van der Waals surface area contributed by atoms with Crippen LogP contribution in [0.15, 0.2) is 103 Å². The molecule has 4 nitrogen and oxygen atoms in total. The van der Waals surface area contributed by atoms with E-state index < -0.39 is 0 Å². The van der Waals surface area contributed by atoms with Crippen LogP contribution in [0.1, 0.15) is 21.5 Å². The predicted molar refractivity (Wildman–Crippen MR) is 141 cm³/mol. The number of ketones is 1. The quantitative estimate of drug-likeness (QED) is 0.295. The van der Waals surface area contributed by atoms with E-state index in [0.717, 1.165) is 59.0 Å².